The number of anilines is 1. The van der Waals surface area contributed by atoms with Crippen LogP contribution in [0, 0.1) is 19.7 Å². The fourth-order valence-corrected chi connectivity index (χ4v) is 2.63. The molecule has 0 saturated heterocycles. The van der Waals surface area contributed by atoms with Crippen molar-refractivity contribution in [2.45, 2.75) is 20.4 Å². The van der Waals surface area contributed by atoms with E-state index in [4.69, 9.17) is 18.0 Å². The number of halogens is 1. The quantitative estimate of drug-likeness (QED) is 0.881. The van der Waals surface area contributed by atoms with Crippen molar-refractivity contribution in [1.82, 2.24) is 4.98 Å². The van der Waals surface area contributed by atoms with E-state index in [0.717, 1.165) is 28.2 Å². The molecule has 0 radical (unpaired) electrons. The summed E-state index contributed by atoms with van der Waals surface area (Å²) >= 11 is 5.14. The molecule has 0 spiro atoms. The molecule has 0 saturated carbocycles. The molecule has 0 amide bonds. The molecule has 2 N–H and O–H groups in total. The van der Waals surface area contributed by atoms with Gasteiger partial charge in [-0.15, -0.1) is 0 Å². The average molecular weight is 303 g/mol. The lowest BCUT2D eigenvalue weighted by atomic mass is 10.1. The Bertz CT molecular complexity index is 685. The molecule has 1 heterocycles. The maximum Gasteiger partial charge on any atom is 0.139 e. The van der Waals surface area contributed by atoms with Gasteiger partial charge >= 0.3 is 0 Å². The van der Waals surface area contributed by atoms with Gasteiger partial charge in [0.1, 0.15) is 16.6 Å². The zero-order chi connectivity index (χ0) is 15.6. The maximum atomic E-state index is 13.3. The van der Waals surface area contributed by atoms with Gasteiger partial charge < -0.3 is 10.6 Å². The van der Waals surface area contributed by atoms with E-state index in [1.54, 1.807) is 6.07 Å². The molecule has 0 aliphatic heterocycles. The van der Waals surface area contributed by atoms with Gasteiger partial charge in [0.15, 0.2) is 0 Å². The maximum absolute atomic E-state index is 13.3. The van der Waals surface area contributed by atoms with Crippen molar-refractivity contribution in [2.75, 3.05) is 11.9 Å². The lowest BCUT2D eigenvalue weighted by Gasteiger charge is -2.23. The molecule has 1 aromatic carbocycles. The molecule has 0 atom stereocenters. The summed E-state index contributed by atoms with van der Waals surface area (Å²) in [6.45, 7) is 4.42. The van der Waals surface area contributed by atoms with Gasteiger partial charge in [0.05, 0.1) is 5.56 Å². The van der Waals surface area contributed by atoms with Crippen LogP contribution in [0.4, 0.5) is 10.2 Å². The van der Waals surface area contributed by atoms with Crippen molar-refractivity contribution in [2.24, 2.45) is 5.73 Å². The van der Waals surface area contributed by atoms with Crippen LogP contribution in [0.15, 0.2) is 30.3 Å². The van der Waals surface area contributed by atoms with Crippen molar-refractivity contribution >= 4 is 23.0 Å². The molecule has 0 fully saturated rings. The summed E-state index contributed by atoms with van der Waals surface area (Å²) in [6.07, 6.45) is 0. The first-order valence-corrected chi connectivity index (χ1v) is 7.03. The van der Waals surface area contributed by atoms with E-state index in [2.05, 4.69) is 4.98 Å². The molecule has 1 aromatic heterocycles. The molecular weight excluding hydrogens is 285 g/mol. The fraction of sp³-hybridized carbons (Fsp3) is 0.250. The van der Waals surface area contributed by atoms with Gasteiger partial charge in [-0.05, 0) is 43.2 Å². The van der Waals surface area contributed by atoms with E-state index in [1.807, 2.05) is 37.9 Å². The van der Waals surface area contributed by atoms with Gasteiger partial charge in [0, 0.05) is 19.3 Å². The van der Waals surface area contributed by atoms with Crippen LogP contribution in [-0.4, -0.2) is 17.0 Å². The number of aryl methyl sites for hydroxylation is 2. The summed E-state index contributed by atoms with van der Waals surface area (Å²) in [5, 5.41) is 0. The number of aromatic nitrogens is 1. The standard InChI is InChI=1S/C16H18FN3S/c1-10-7-11(2)19-16(14(10)15(18)21)20(3)9-12-5-4-6-13(17)8-12/h4-8H,9H2,1-3H3,(H2,18,21). The first-order chi connectivity index (χ1) is 9.88. The van der Waals surface area contributed by atoms with Crippen molar-refractivity contribution < 1.29 is 4.39 Å². The predicted molar refractivity (Wildman–Crippen MR) is 88.1 cm³/mol. The second-order valence-electron chi connectivity index (χ2n) is 5.13. The molecule has 5 heteroatoms. The zero-order valence-electron chi connectivity index (χ0n) is 12.4. The Morgan fingerprint density at radius 1 is 1.33 bits per heavy atom. The molecule has 2 rings (SSSR count). The highest BCUT2D eigenvalue weighted by atomic mass is 32.1. The van der Waals surface area contributed by atoms with Gasteiger partial charge in [-0.3, -0.25) is 0 Å². The van der Waals surface area contributed by atoms with E-state index in [1.165, 1.54) is 12.1 Å². The van der Waals surface area contributed by atoms with Crippen LogP contribution in [0.5, 0.6) is 0 Å². The lowest BCUT2D eigenvalue weighted by molar-refractivity contribution is 0.625. The number of hydrogen-bond acceptors (Lipinski definition) is 3. The molecule has 110 valence electrons. The number of hydrogen-bond donors (Lipinski definition) is 1. The van der Waals surface area contributed by atoms with Gasteiger partial charge in [-0.1, -0.05) is 24.4 Å². The van der Waals surface area contributed by atoms with Crippen LogP contribution in [0.3, 0.4) is 0 Å². The van der Waals surface area contributed by atoms with Gasteiger partial charge in [-0.25, -0.2) is 9.37 Å². The van der Waals surface area contributed by atoms with Gasteiger partial charge in [0.2, 0.25) is 0 Å². The Morgan fingerprint density at radius 2 is 2.05 bits per heavy atom. The normalized spacial score (nSPS) is 10.5. The molecule has 21 heavy (non-hydrogen) atoms. The monoisotopic (exact) mass is 303 g/mol. The first-order valence-electron chi connectivity index (χ1n) is 6.62. The number of thiocarbonyl (C=S) groups is 1. The average Bonchev–Trinajstić information content (AvgIpc) is 2.37. The second kappa shape index (κ2) is 6.18. The van der Waals surface area contributed by atoms with Crippen LogP contribution in [0.1, 0.15) is 22.4 Å². The Morgan fingerprint density at radius 3 is 2.67 bits per heavy atom. The largest absolute Gasteiger partial charge is 0.389 e. The van der Waals surface area contributed by atoms with Crippen LogP contribution in [0.25, 0.3) is 0 Å². The fourth-order valence-electron chi connectivity index (χ4n) is 2.38. The molecule has 0 aliphatic carbocycles. The third kappa shape index (κ3) is 3.55. The van der Waals surface area contributed by atoms with Crippen molar-refractivity contribution in [3.8, 4) is 0 Å². The minimum Gasteiger partial charge on any atom is -0.389 e. The summed E-state index contributed by atoms with van der Waals surface area (Å²) in [4.78, 5) is 6.79. The second-order valence-corrected chi connectivity index (χ2v) is 5.57. The summed E-state index contributed by atoms with van der Waals surface area (Å²) < 4.78 is 13.3. The minimum absolute atomic E-state index is 0.246. The predicted octanol–water partition coefficient (Wildman–Crippen LogP) is 3.11. The summed E-state index contributed by atoms with van der Waals surface area (Å²) in [5.41, 5.74) is 9.36. The topological polar surface area (TPSA) is 42.1 Å². The highest BCUT2D eigenvalue weighted by Crippen LogP contribution is 2.23. The van der Waals surface area contributed by atoms with Crippen LogP contribution in [-0.2, 0) is 6.54 Å². The third-order valence-corrected chi connectivity index (χ3v) is 3.45. The number of benzene rings is 1. The SMILES string of the molecule is Cc1cc(C)c(C(N)=S)c(N(C)Cc2cccc(F)c2)n1. The van der Waals surface area contributed by atoms with Crippen molar-refractivity contribution in [3.63, 3.8) is 0 Å². The third-order valence-electron chi connectivity index (χ3n) is 3.24. The first kappa shape index (κ1) is 15.4. The van der Waals surface area contributed by atoms with Crippen LogP contribution < -0.4 is 10.6 Å². The molecule has 0 bridgehead atoms. The molecular formula is C16H18FN3S. The number of nitrogens with zero attached hydrogens (tertiary/aromatic N) is 2. The van der Waals surface area contributed by atoms with Gasteiger partial charge in [-0.2, -0.15) is 0 Å². The smallest absolute Gasteiger partial charge is 0.139 e. The van der Waals surface area contributed by atoms with Gasteiger partial charge in [0.25, 0.3) is 0 Å². The number of rotatable bonds is 4. The number of nitrogens with two attached hydrogens (primary N) is 1. The Kier molecular flexibility index (Phi) is 4.53. The van der Waals surface area contributed by atoms with Crippen molar-refractivity contribution in [3.05, 3.63) is 58.5 Å². The Balaban J connectivity index is 2.39. The Hall–Kier alpha value is -2.01. The molecule has 0 unspecified atom stereocenters. The number of pyridine rings is 1. The molecule has 2 aromatic rings. The summed E-state index contributed by atoms with van der Waals surface area (Å²) in [5.74, 6) is 0.480. The highest BCUT2D eigenvalue weighted by Gasteiger charge is 2.15. The minimum atomic E-state index is -0.246. The Labute approximate surface area is 129 Å². The zero-order valence-corrected chi connectivity index (χ0v) is 13.2. The van der Waals surface area contributed by atoms with E-state index >= 15 is 0 Å². The highest BCUT2D eigenvalue weighted by molar-refractivity contribution is 7.80. The van der Waals surface area contributed by atoms with E-state index in [9.17, 15) is 4.39 Å². The van der Waals surface area contributed by atoms with E-state index in [-0.39, 0.29) is 5.82 Å². The summed E-state index contributed by atoms with van der Waals surface area (Å²) in [7, 11) is 1.90. The molecule has 3 nitrogen and oxygen atoms in total. The van der Waals surface area contributed by atoms with Crippen LogP contribution >= 0.6 is 12.2 Å². The summed E-state index contributed by atoms with van der Waals surface area (Å²) in [6, 6.07) is 8.47. The lowest BCUT2D eigenvalue weighted by Crippen LogP contribution is -2.24. The van der Waals surface area contributed by atoms with Crippen LogP contribution in [0.2, 0.25) is 0 Å². The molecule has 0 aliphatic rings. The van der Waals surface area contributed by atoms with E-state index < -0.39 is 0 Å². The van der Waals surface area contributed by atoms with Crippen molar-refractivity contribution in [1.29, 1.82) is 0 Å². The van der Waals surface area contributed by atoms with E-state index in [0.29, 0.717) is 11.5 Å².